The molecule has 1 aromatic heterocycles. The molecule has 2 N–H and O–H groups in total. The molecule has 4 nitrogen and oxygen atoms in total. The van der Waals surface area contributed by atoms with E-state index in [9.17, 15) is 9.90 Å². The molecule has 0 aliphatic carbocycles. The minimum Gasteiger partial charge on any atom is -0.506 e. The van der Waals surface area contributed by atoms with Gasteiger partial charge < -0.3 is 14.8 Å². The lowest BCUT2D eigenvalue weighted by Crippen LogP contribution is -2.05. The Hall–Kier alpha value is -1.97. The molecule has 0 saturated carbocycles. The molecule has 2 aromatic rings. The summed E-state index contributed by atoms with van der Waals surface area (Å²) in [7, 11) is 1.55. The summed E-state index contributed by atoms with van der Waals surface area (Å²) >= 11 is 0. The highest BCUT2D eigenvalue weighted by molar-refractivity contribution is 5.92. The van der Waals surface area contributed by atoms with Crippen LogP contribution in [0.4, 0.5) is 0 Å². The number of ether oxygens (including phenoxy) is 1. The van der Waals surface area contributed by atoms with Crippen LogP contribution in [0.2, 0.25) is 0 Å². The van der Waals surface area contributed by atoms with Gasteiger partial charge in [-0.3, -0.25) is 4.79 Å². The van der Waals surface area contributed by atoms with Gasteiger partial charge in [-0.05, 0) is 24.6 Å². The van der Waals surface area contributed by atoms with Crippen LogP contribution >= 0.6 is 0 Å². The van der Waals surface area contributed by atoms with Crippen molar-refractivity contribution < 1.29 is 9.84 Å². The first-order valence-electron chi connectivity index (χ1n) is 4.53. The molecule has 0 radical (unpaired) electrons. The molecule has 0 fully saturated rings. The Morgan fingerprint density at radius 2 is 2.13 bits per heavy atom. The number of methoxy groups -OCH3 is 1. The minimum absolute atomic E-state index is 0.0478. The predicted molar refractivity (Wildman–Crippen MR) is 57.5 cm³/mol. The largest absolute Gasteiger partial charge is 0.506 e. The van der Waals surface area contributed by atoms with Gasteiger partial charge in [0.15, 0.2) is 0 Å². The van der Waals surface area contributed by atoms with Crippen molar-refractivity contribution in [3.05, 3.63) is 34.1 Å². The fraction of sp³-hybridized carbons (Fsp3) is 0.182. The number of phenolic OH excluding ortho intramolecular Hbond substituents is 1. The van der Waals surface area contributed by atoms with Crippen molar-refractivity contribution in [3.63, 3.8) is 0 Å². The van der Waals surface area contributed by atoms with Crippen LogP contribution in [0, 0.1) is 6.92 Å². The first kappa shape index (κ1) is 9.58. The van der Waals surface area contributed by atoms with Crippen LogP contribution in [0.15, 0.2) is 23.0 Å². The fourth-order valence-corrected chi connectivity index (χ4v) is 1.69. The van der Waals surface area contributed by atoms with Gasteiger partial charge in [-0.1, -0.05) is 0 Å². The molecule has 0 atom stereocenters. The smallest absolute Gasteiger partial charge is 0.248 e. The summed E-state index contributed by atoms with van der Waals surface area (Å²) < 4.78 is 5.17. The number of phenols is 1. The van der Waals surface area contributed by atoms with E-state index in [1.165, 1.54) is 12.1 Å². The molecule has 4 heteroatoms. The molecular formula is C11H11NO3. The minimum atomic E-state index is -0.233. The number of fused-ring (bicyclic) bond motifs is 1. The predicted octanol–water partition coefficient (Wildman–Crippen LogP) is 1.55. The van der Waals surface area contributed by atoms with E-state index < -0.39 is 0 Å². The van der Waals surface area contributed by atoms with Crippen molar-refractivity contribution in [2.45, 2.75) is 6.92 Å². The summed E-state index contributed by atoms with van der Waals surface area (Å²) in [5, 5.41) is 10.3. The lowest BCUT2D eigenvalue weighted by molar-refractivity contribution is 0.418. The average Bonchev–Trinajstić information content (AvgIpc) is 2.19. The highest BCUT2D eigenvalue weighted by Gasteiger charge is 2.09. The van der Waals surface area contributed by atoms with Gasteiger partial charge in [0.25, 0.3) is 0 Å². The number of aromatic hydroxyl groups is 1. The lowest BCUT2D eigenvalue weighted by Gasteiger charge is -2.08. The number of pyridine rings is 1. The summed E-state index contributed by atoms with van der Waals surface area (Å²) in [6.45, 7) is 1.81. The highest BCUT2D eigenvalue weighted by Crippen LogP contribution is 2.31. The zero-order chi connectivity index (χ0) is 11.0. The van der Waals surface area contributed by atoms with Gasteiger partial charge in [0, 0.05) is 11.5 Å². The van der Waals surface area contributed by atoms with E-state index in [0.717, 1.165) is 10.9 Å². The zero-order valence-electron chi connectivity index (χ0n) is 8.50. The van der Waals surface area contributed by atoms with E-state index in [2.05, 4.69) is 4.98 Å². The topological polar surface area (TPSA) is 62.3 Å². The van der Waals surface area contributed by atoms with Crippen LogP contribution in [0.5, 0.6) is 11.5 Å². The second-order valence-corrected chi connectivity index (χ2v) is 3.35. The number of benzene rings is 1. The quantitative estimate of drug-likeness (QED) is 0.742. The van der Waals surface area contributed by atoms with E-state index in [1.807, 2.05) is 0 Å². The Morgan fingerprint density at radius 3 is 2.80 bits per heavy atom. The van der Waals surface area contributed by atoms with Crippen molar-refractivity contribution in [2.24, 2.45) is 0 Å². The van der Waals surface area contributed by atoms with Gasteiger partial charge in [-0.15, -0.1) is 0 Å². The molecule has 0 saturated heterocycles. The second kappa shape index (κ2) is 3.31. The SMILES string of the molecule is COc1ccc(O)c2[nH]c(=O)cc(C)c12. The molecule has 0 aliphatic heterocycles. The molecule has 0 amide bonds. The number of H-pyrrole nitrogens is 1. The number of aromatic nitrogens is 1. The summed E-state index contributed by atoms with van der Waals surface area (Å²) in [6.07, 6.45) is 0. The summed E-state index contributed by atoms with van der Waals surface area (Å²) in [6, 6.07) is 4.64. The number of rotatable bonds is 1. The van der Waals surface area contributed by atoms with Crippen LogP contribution in [-0.4, -0.2) is 17.2 Å². The van der Waals surface area contributed by atoms with Crippen LogP contribution < -0.4 is 10.3 Å². The Bertz CT molecular complexity index is 572. The van der Waals surface area contributed by atoms with E-state index in [-0.39, 0.29) is 11.3 Å². The van der Waals surface area contributed by atoms with Crippen molar-refractivity contribution >= 4 is 10.9 Å². The van der Waals surface area contributed by atoms with Crippen LogP contribution in [0.25, 0.3) is 10.9 Å². The van der Waals surface area contributed by atoms with Gasteiger partial charge >= 0.3 is 0 Å². The summed E-state index contributed by atoms with van der Waals surface area (Å²) in [5.74, 6) is 0.683. The molecule has 2 rings (SSSR count). The third kappa shape index (κ3) is 1.44. The number of aromatic amines is 1. The van der Waals surface area contributed by atoms with E-state index in [1.54, 1.807) is 20.1 Å². The molecule has 1 aromatic carbocycles. The Labute approximate surface area is 86.1 Å². The second-order valence-electron chi connectivity index (χ2n) is 3.35. The molecule has 0 spiro atoms. The number of hydrogen-bond acceptors (Lipinski definition) is 3. The third-order valence-corrected chi connectivity index (χ3v) is 2.36. The van der Waals surface area contributed by atoms with Crippen molar-refractivity contribution in [1.82, 2.24) is 4.98 Å². The summed E-state index contributed by atoms with van der Waals surface area (Å²) in [4.78, 5) is 13.8. The maximum absolute atomic E-state index is 11.2. The maximum Gasteiger partial charge on any atom is 0.248 e. The highest BCUT2D eigenvalue weighted by atomic mass is 16.5. The normalized spacial score (nSPS) is 10.5. The fourth-order valence-electron chi connectivity index (χ4n) is 1.69. The molecular weight excluding hydrogens is 194 g/mol. The van der Waals surface area contributed by atoms with Crippen molar-refractivity contribution in [2.75, 3.05) is 7.11 Å². The molecule has 15 heavy (non-hydrogen) atoms. The van der Waals surface area contributed by atoms with Gasteiger partial charge in [-0.2, -0.15) is 0 Å². The van der Waals surface area contributed by atoms with Crippen LogP contribution in [-0.2, 0) is 0 Å². The van der Waals surface area contributed by atoms with Crippen molar-refractivity contribution in [3.8, 4) is 11.5 Å². The Morgan fingerprint density at radius 1 is 1.40 bits per heavy atom. The molecule has 0 unspecified atom stereocenters. The summed E-state index contributed by atoms with van der Waals surface area (Å²) in [5.41, 5.74) is 0.962. The standard InChI is InChI=1S/C11H11NO3/c1-6-5-9(14)12-11-7(13)3-4-8(15-2)10(6)11/h3-5,13H,1-2H3,(H,12,14). The van der Waals surface area contributed by atoms with Crippen molar-refractivity contribution in [1.29, 1.82) is 0 Å². The van der Waals surface area contributed by atoms with E-state index >= 15 is 0 Å². The van der Waals surface area contributed by atoms with Crippen LogP contribution in [0.1, 0.15) is 5.56 Å². The zero-order valence-corrected chi connectivity index (χ0v) is 8.50. The van der Waals surface area contributed by atoms with Gasteiger partial charge in [0.2, 0.25) is 5.56 Å². The van der Waals surface area contributed by atoms with E-state index in [4.69, 9.17) is 4.74 Å². The Balaban J connectivity index is 3.00. The molecule has 78 valence electrons. The molecule has 1 heterocycles. The Kier molecular flexibility index (Phi) is 2.11. The van der Waals surface area contributed by atoms with Gasteiger partial charge in [0.05, 0.1) is 12.6 Å². The van der Waals surface area contributed by atoms with Gasteiger partial charge in [0.1, 0.15) is 11.5 Å². The molecule has 0 bridgehead atoms. The van der Waals surface area contributed by atoms with E-state index in [0.29, 0.717) is 11.3 Å². The third-order valence-electron chi connectivity index (χ3n) is 2.36. The van der Waals surface area contributed by atoms with Crippen LogP contribution in [0.3, 0.4) is 0 Å². The number of aryl methyl sites for hydroxylation is 1. The first-order valence-corrected chi connectivity index (χ1v) is 4.53. The maximum atomic E-state index is 11.2. The average molecular weight is 205 g/mol. The first-order chi connectivity index (χ1) is 7.13. The lowest BCUT2D eigenvalue weighted by atomic mass is 10.1. The number of nitrogens with one attached hydrogen (secondary N) is 1. The molecule has 0 aliphatic rings. The number of hydrogen-bond donors (Lipinski definition) is 2. The van der Waals surface area contributed by atoms with Gasteiger partial charge in [-0.25, -0.2) is 0 Å². The monoisotopic (exact) mass is 205 g/mol.